The van der Waals surface area contributed by atoms with Gasteiger partial charge in [0.1, 0.15) is 5.82 Å². The largest absolute Gasteiger partial charge is 0.379 e. The third kappa shape index (κ3) is 2.32. The molecule has 1 aromatic heterocycles. The Bertz CT molecular complexity index is 350. The van der Waals surface area contributed by atoms with Crippen LogP contribution in [0.4, 0.5) is 5.82 Å². The molecule has 1 unspecified atom stereocenters. The zero-order chi connectivity index (χ0) is 10.8. The number of hydrogen-bond donors (Lipinski definition) is 0. The fraction of sp³-hybridized carbons (Fsp3) is 0.545. The van der Waals surface area contributed by atoms with Gasteiger partial charge in [-0.2, -0.15) is 0 Å². The van der Waals surface area contributed by atoms with E-state index < -0.39 is 0 Å². The molecule has 15 heavy (non-hydrogen) atoms. The Morgan fingerprint density at radius 2 is 2.40 bits per heavy atom. The van der Waals surface area contributed by atoms with Gasteiger partial charge >= 0.3 is 0 Å². The second kappa shape index (κ2) is 4.49. The van der Waals surface area contributed by atoms with Crippen LogP contribution in [0, 0.1) is 6.92 Å². The van der Waals surface area contributed by atoms with E-state index in [0.717, 1.165) is 29.9 Å². The highest BCUT2D eigenvalue weighted by molar-refractivity contribution is 9.10. The van der Waals surface area contributed by atoms with Crippen molar-refractivity contribution in [2.45, 2.75) is 19.4 Å². The van der Waals surface area contributed by atoms with Crippen molar-refractivity contribution in [2.75, 3.05) is 25.2 Å². The summed E-state index contributed by atoms with van der Waals surface area (Å²) in [6, 6.07) is 2.56. The summed E-state index contributed by atoms with van der Waals surface area (Å²) in [4.78, 5) is 6.66. The minimum Gasteiger partial charge on any atom is -0.379 e. The van der Waals surface area contributed by atoms with Crippen molar-refractivity contribution < 1.29 is 4.74 Å². The SMILES string of the molecule is Cc1cc(Br)cnc1N(C)C1CCOC1. The van der Waals surface area contributed by atoms with Crippen molar-refractivity contribution in [3.05, 3.63) is 22.3 Å². The normalized spacial score (nSPS) is 20.6. The number of aryl methyl sites for hydroxylation is 1. The first kappa shape index (κ1) is 10.9. The number of rotatable bonds is 2. The molecule has 1 fully saturated rings. The third-order valence-electron chi connectivity index (χ3n) is 2.80. The molecule has 0 radical (unpaired) electrons. The summed E-state index contributed by atoms with van der Waals surface area (Å²) in [5.41, 5.74) is 1.19. The molecular weight excluding hydrogens is 256 g/mol. The molecule has 2 heterocycles. The van der Waals surface area contributed by atoms with Crippen LogP contribution in [0.15, 0.2) is 16.7 Å². The zero-order valence-electron chi connectivity index (χ0n) is 9.03. The summed E-state index contributed by atoms with van der Waals surface area (Å²) in [6.07, 6.45) is 2.93. The summed E-state index contributed by atoms with van der Waals surface area (Å²) >= 11 is 3.42. The lowest BCUT2D eigenvalue weighted by molar-refractivity contribution is 0.193. The first-order chi connectivity index (χ1) is 7.18. The smallest absolute Gasteiger partial charge is 0.131 e. The highest BCUT2D eigenvalue weighted by atomic mass is 79.9. The van der Waals surface area contributed by atoms with Gasteiger partial charge in [0.15, 0.2) is 0 Å². The van der Waals surface area contributed by atoms with Crippen molar-refractivity contribution in [2.24, 2.45) is 0 Å². The van der Waals surface area contributed by atoms with E-state index >= 15 is 0 Å². The Kier molecular flexibility index (Phi) is 3.26. The number of hydrogen-bond acceptors (Lipinski definition) is 3. The molecule has 82 valence electrons. The van der Waals surface area contributed by atoms with Crippen molar-refractivity contribution in [3.8, 4) is 0 Å². The Morgan fingerprint density at radius 3 is 3.00 bits per heavy atom. The van der Waals surface area contributed by atoms with E-state index in [1.165, 1.54) is 5.56 Å². The number of halogens is 1. The number of likely N-dealkylation sites (N-methyl/N-ethyl adjacent to an activating group) is 1. The molecule has 0 aliphatic carbocycles. The maximum Gasteiger partial charge on any atom is 0.131 e. The molecule has 0 amide bonds. The molecule has 0 spiro atoms. The van der Waals surface area contributed by atoms with Gasteiger partial charge < -0.3 is 9.64 Å². The summed E-state index contributed by atoms with van der Waals surface area (Å²) in [7, 11) is 2.09. The third-order valence-corrected chi connectivity index (χ3v) is 3.24. The predicted molar refractivity (Wildman–Crippen MR) is 64.3 cm³/mol. The van der Waals surface area contributed by atoms with Crippen LogP contribution >= 0.6 is 15.9 Å². The maximum absolute atomic E-state index is 5.38. The van der Waals surface area contributed by atoms with Gasteiger partial charge in [0.05, 0.1) is 12.6 Å². The molecule has 0 aromatic carbocycles. The topological polar surface area (TPSA) is 25.4 Å². The van der Waals surface area contributed by atoms with Crippen LogP contribution < -0.4 is 4.90 Å². The standard InChI is InChI=1S/C11H15BrN2O/c1-8-5-9(12)6-13-11(8)14(2)10-3-4-15-7-10/h5-6,10H,3-4,7H2,1-2H3. The van der Waals surface area contributed by atoms with Crippen molar-refractivity contribution >= 4 is 21.7 Å². The fourth-order valence-electron chi connectivity index (χ4n) is 1.90. The summed E-state index contributed by atoms with van der Waals surface area (Å²) < 4.78 is 6.41. The molecule has 1 aliphatic rings. The molecule has 1 saturated heterocycles. The Labute approximate surface area is 98.6 Å². The van der Waals surface area contributed by atoms with Crippen LogP contribution in [-0.4, -0.2) is 31.3 Å². The molecule has 1 aliphatic heterocycles. The van der Waals surface area contributed by atoms with Crippen molar-refractivity contribution in [1.82, 2.24) is 4.98 Å². The van der Waals surface area contributed by atoms with Crippen molar-refractivity contribution in [1.29, 1.82) is 0 Å². The first-order valence-electron chi connectivity index (χ1n) is 5.11. The van der Waals surface area contributed by atoms with E-state index in [2.05, 4.69) is 45.9 Å². The van der Waals surface area contributed by atoms with E-state index in [0.29, 0.717) is 6.04 Å². The summed E-state index contributed by atoms with van der Waals surface area (Å²) in [5.74, 6) is 1.05. The second-order valence-corrected chi connectivity index (χ2v) is 4.84. The molecule has 3 nitrogen and oxygen atoms in total. The van der Waals surface area contributed by atoms with Gasteiger partial charge in [-0.25, -0.2) is 4.98 Å². The molecular formula is C11H15BrN2O. The lowest BCUT2D eigenvalue weighted by Gasteiger charge is -2.25. The average molecular weight is 271 g/mol. The molecule has 1 aromatic rings. The molecule has 0 bridgehead atoms. The Hall–Kier alpha value is -0.610. The molecule has 4 heteroatoms. The van der Waals surface area contributed by atoms with Crippen molar-refractivity contribution in [3.63, 3.8) is 0 Å². The first-order valence-corrected chi connectivity index (χ1v) is 5.90. The number of nitrogens with zero attached hydrogens (tertiary/aromatic N) is 2. The van der Waals surface area contributed by atoms with Crippen LogP contribution in [0.3, 0.4) is 0 Å². The zero-order valence-corrected chi connectivity index (χ0v) is 10.6. The maximum atomic E-state index is 5.38. The van der Waals surface area contributed by atoms with Crippen LogP contribution in [0.2, 0.25) is 0 Å². The van der Waals surface area contributed by atoms with Gasteiger partial charge in [-0.3, -0.25) is 0 Å². The van der Waals surface area contributed by atoms with Crippen LogP contribution in [-0.2, 0) is 4.74 Å². The fourth-order valence-corrected chi connectivity index (χ4v) is 2.35. The molecule has 0 N–H and O–H groups in total. The van der Waals surface area contributed by atoms with Gasteiger partial charge in [0.2, 0.25) is 0 Å². The van der Waals surface area contributed by atoms with E-state index in [-0.39, 0.29) is 0 Å². The quantitative estimate of drug-likeness (QED) is 0.825. The molecule has 0 saturated carbocycles. The monoisotopic (exact) mass is 270 g/mol. The number of aromatic nitrogens is 1. The lowest BCUT2D eigenvalue weighted by Crippen LogP contribution is -2.32. The van der Waals surface area contributed by atoms with E-state index in [1.807, 2.05) is 6.20 Å². The van der Waals surface area contributed by atoms with Crippen LogP contribution in [0.25, 0.3) is 0 Å². The van der Waals surface area contributed by atoms with E-state index in [9.17, 15) is 0 Å². The number of anilines is 1. The number of ether oxygens (including phenoxy) is 1. The van der Waals surface area contributed by atoms with Gasteiger partial charge in [-0.05, 0) is 40.9 Å². The van der Waals surface area contributed by atoms with Gasteiger partial charge in [0.25, 0.3) is 0 Å². The highest BCUT2D eigenvalue weighted by Crippen LogP contribution is 2.23. The Morgan fingerprint density at radius 1 is 1.60 bits per heavy atom. The van der Waals surface area contributed by atoms with Crippen LogP contribution in [0.1, 0.15) is 12.0 Å². The number of pyridine rings is 1. The van der Waals surface area contributed by atoms with Gasteiger partial charge in [0, 0.05) is 24.3 Å². The summed E-state index contributed by atoms with van der Waals surface area (Å²) in [5, 5.41) is 0. The predicted octanol–water partition coefficient (Wildman–Crippen LogP) is 2.38. The van der Waals surface area contributed by atoms with Gasteiger partial charge in [-0.1, -0.05) is 0 Å². The van der Waals surface area contributed by atoms with E-state index in [1.54, 1.807) is 0 Å². The van der Waals surface area contributed by atoms with E-state index in [4.69, 9.17) is 4.74 Å². The lowest BCUT2D eigenvalue weighted by atomic mass is 10.2. The minimum absolute atomic E-state index is 0.470. The summed E-state index contributed by atoms with van der Waals surface area (Å²) in [6.45, 7) is 3.76. The highest BCUT2D eigenvalue weighted by Gasteiger charge is 2.22. The average Bonchev–Trinajstić information content (AvgIpc) is 2.69. The second-order valence-electron chi connectivity index (χ2n) is 3.92. The molecule has 2 rings (SSSR count). The van der Waals surface area contributed by atoms with Gasteiger partial charge in [-0.15, -0.1) is 0 Å². The van der Waals surface area contributed by atoms with Crippen LogP contribution in [0.5, 0.6) is 0 Å². The minimum atomic E-state index is 0.470. The molecule has 1 atom stereocenters. The Balaban J connectivity index is 2.20.